The van der Waals surface area contributed by atoms with Crippen LogP contribution in [0.2, 0.25) is 0 Å². The predicted octanol–water partition coefficient (Wildman–Crippen LogP) is 1.69. The first-order valence-corrected chi connectivity index (χ1v) is 7.18. The first-order chi connectivity index (χ1) is 11.2. The predicted molar refractivity (Wildman–Crippen MR) is 81.8 cm³/mol. The van der Waals surface area contributed by atoms with E-state index in [9.17, 15) is 22.8 Å². The van der Waals surface area contributed by atoms with Gasteiger partial charge in [-0.25, -0.2) is 4.79 Å². The lowest BCUT2D eigenvalue weighted by Gasteiger charge is -2.16. The van der Waals surface area contributed by atoms with E-state index in [1.807, 2.05) is 36.5 Å². The minimum absolute atomic E-state index is 0.142. The molecule has 134 valence electrons. The molecule has 0 atom stereocenters. The van der Waals surface area contributed by atoms with Crippen molar-refractivity contribution in [2.45, 2.75) is 13.1 Å². The van der Waals surface area contributed by atoms with Crippen molar-refractivity contribution in [2.24, 2.45) is 0 Å². The lowest BCUT2D eigenvalue weighted by molar-refractivity contribution is -0.125. The summed E-state index contributed by atoms with van der Waals surface area (Å²) in [7, 11) is 1.63. The van der Waals surface area contributed by atoms with Crippen LogP contribution in [-0.2, 0) is 4.79 Å². The quantitative estimate of drug-likeness (QED) is 0.788. The molecule has 0 saturated heterocycles. The van der Waals surface area contributed by atoms with Gasteiger partial charge in [-0.1, -0.05) is 17.7 Å². The molecule has 9 heteroatoms. The zero-order chi connectivity index (χ0) is 18.2. The van der Waals surface area contributed by atoms with Gasteiger partial charge in [0.15, 0.2) is 0 Å². The summed E-state index contributed by atoms with van der Waals surface area (Å²) in [4.78, 5) is 24.2. The molecule has 0 aliphatic heterocycles. The summed E-state index contributed by atoms with van der Waals surface area (Å²) < 4.78 is 41.2. The number of rotatable bonds is 7. The standard InChI is InChI=1S/C15H20F3N3O3/c1-11-3-5-12(6-4-11)24-8-7-21(2)9-13(22)20-14(23)19-10-15(16,17)18/h3-6H,7-10H2,1-2H3,(H2,19,20,22,23). The van der Waals surface area contributed by atoms with Gasteiger partial charge in [0.05, 0.1) is 6.54 Å². The molecule has 0 aliphatic rings. The van der Waals surface area contributed by atoms with Crippen LogP contribution < -0.4 is 15.4 Å². The monoisotopic (exact) mass is 347 g/mol. The Bertz CT molecular complexity index is 547. The Morgan fingerprint density at radius 3 is 2.42 bits per heavy atom. The molecule has 1 rings (SSSR count). The molecular weight excluding hydrogens is 327 g/mol. The number of halogens is 3. The van der Waals surface area contributed by atoms with Gasteiger partial charge in [0, 0.05) is 6.54 Å². The van der Waals surface area contributed by atoms with Crippen molar-refractivity contribution in [2.75, 3.05) is 33.3 Å². The molecule has 0 heterocycles. The van der Waals surface area contributed by atoms with E-state index < -0.39 is 24.7 Å². The van der Waals surface area contributed by atoms with Gasteiger partial charge >= 0.3 is 12.2 Å². The summed E-state index contributed by atoms with van der Waals surface area (Å²) in [6.45, 7) is 1.06. The molecule has 0 fully saturated rings. The Kier molecular flexibility index (Phi) is 7.50. The number of carbonyl (C=O) groups excluding carboxylic acids is 2. The van der Waals surface area contributed by atoms with E-state index in [0.29, 0.717) is 18.9 Å². The van der Waals surface area contributed by atoms with Crippen LogP contribution in [0.3, 0.4) is 0 Å². The zero-order valence-electron chi connectivity index (χ0n) is 13.4. The van der Waals surface area contributed by atoms with Crippen molar-refractivity contribution in [1.82, 2.24) is 15.5 Å². The van der Waals surface area contributed by atoms with Crippen molar-refractivity contribution < 1.29 is 27.5 Å². The van der Waals surface area contributed by atoms with Crippen molar-refractivity contribution in [3.05, 3.63) is 29.8 Å². The number of nitrogens with zero attached hydrogens (tertiary/aromatic N) is 1. The number of nitrogens with one attached hydrogen (secondary N) is 2. The number of ether oxygens (including phenoxy) is 1. The van der Waals surface area contributed by atoms with Gasteiger partial charge in [-0.15, -0.1) is 0 Å². The van der Waals surface area contributed by atoms with Crippen LogP contribution in [0.15, 0.2) is 24.3 Å². The molecule has 3 amide bonds. The Morgan fingerprint density at radius 1 is 1.21 bits per heavy atom. The van der Waals surface area contributed by atoms with Crippen molar-refractivity contribution in [3.8, 4) is 5.75 Å². The molecule has 1 aromatic rings. The second kappa shape index (κ2) is 9.11. The molecule has 1 aromatic carbocycles. The van der Waals surface area contributed by atoms with Gasteiger partial charge in [0.25, 0.3) is 0 Å². The number of likely N-dealkylation sites (N-methyl/N-ethyl adjacent to an activating group) is 1. The lowest BCUT2D eigenvalue weighted by atomic mass is 10.2. The summed E-state index contributed by atoms with van der Waals surface area (Å²) in [5.74, 6) is -0.00232. The van der Waals surface area contributed by atoms with E-state index >= 15 is 0 Å². The van der Waals surface area contributed by atoms with Gasteiger partial charge in [0.1, 0.15) is 18.9 Å². The summed E-state index contributed by atoms with van der Waals surface area (Å²) in [5, 5.41) is 3.38. The van der Waals surface area contributed by atoms with Gasteiger partial charge in [0.2, 0.25) is 5.91 Å². The topological polar surface area (TPSA) is 70.7 Å². The summed E-state index contributed by atoms with van der Waals surface area (Å²) in [5.41, 5.74) is 1.11. The number of amides is 3. The molecule has 0 radical (unpaired) electrons. The molecule has 0 spiro atoms. The van der Waals surface area contributed by atoms with E-state index in [1.54, 1.807) is 17.3 Å². The highest BCUT2D eigenvalue weighted by Gasteiger charge is 2.28. The molecule has 0 aromatic heterocycles. The van der Waals surface area contributed by atoms with Crippen LogP contribution >= 0.6 is 0 Å². The minimum Gasteiger partial charge on any atom is -0.492 e. The van der Waals surface area contributed by atoms with Crippen LogP contribution in [0.4, 0.5) is 18.0 Å². The molecule has 2 N–H and O–H groups in total. The largest absolute Gasteiger partial charge is 0.492 e. The third-order valence-corrected chi connectivity index (χ3v) is 2.88. The number of benzene rings is 1. The number of alkyl halides is 3. The van der Waals surface area contributed by atoms with Crippen LogP contribution in [0.5, 0.6) is 5.75 Å². The molecule has 6 nitrogen and oxygen atoms in total. The highest BCUT2D eigenvalue weighted by Crippen LogP contribution is 2.12. The van der Waals surface area contributed by atoms with E-state index in [0.717, 1.165) is 5.56 Å². The average molecular weight is 347 g/mol. The maximum Gasteiger partial charge on any atom is 0.405 e. The van der Waals surface area contributed by atoms with Crippen molar-refractivity contribution >= 4 is 11.9 Å². The van der Waals surface area contributed by atoms with Crippen molar-refractivity contribution in [3.63, 3.8) is 0 Å². The number of carbonyl (C=O) groups is 2. The fourth-order valence-corrected chi connectivity index (χ4v) is 1.67. The van der Waals surface area contributed by atoms with E-state index in [-0.39, 0.29) is 6.54 Å². The molecule has 0 unspecified atom stereocenters. The maximum atomic E-state index is 11.9. The molecule has 0 aliphatic carbocycles. The average Bonchev–Trinajstić information content (AvgIpc) is 2.46. The summed E-state index contributed by atoms with van der Waals surface area (Å²) >= 11 is 0. The molecule has 0 saturated carbocycles. The SMILES string of the molecule is Cc1ccc(OCCN(C)CC(=O)NC(=O)NCC(F)(F)F)cc1. The Morgan fingerprint density at radius 2 is 1.83 bits per heavy atom. The third-order valence-electron chi connectivity index (χ3n) is 2.88. The third kappa shape index (κ3) is 8.99. The normalized spacial score (nSPS) is 11.2. The number of hydrogen-bond donors (Lipinski definition) is 2. The first kappa shape index (κ1) is 19.8. The fourth-order valence-electron chi connectivity index (χ4n) is 1.67. The van der Waals surface area contributed by atoms with Gasteiger partial charge < -0.3 is 10.1 Å². The summed E-state index contributed by atoms with van der Waals surface area (Å²) in [6, 6.07) is 6.29. The van der Waals surface area contributed by atoms with Gasteiger partial charge in [-0.3, -0.25) is 15.0 Å². The highest BCUT2D eigenvalue weighted by molar-refractivity contribution is 5.95. The Labute approximate surface area is 138 Å². The summed E-state index contributed by atoms with van der Waals surface area (Å²) in [6.07, 6.45) is -4.52. The Balaban J connectivity index is 2.21. The molecular formula is C15H20F3N3O3. The van der Waals surface area contributed by atoms with Crippen molar-refractivity contribution in [1.29, 1.82) is 0 Å². The van der Waals surface area contributed by atoms with Crippen LogP contribution in [0.1, 0.15) is 5.56 Å². The van der Waals surface area contributed by atoms with Gasteiger partial charge in [-0.05, 0) is 26.1 Å². The number of imide groups is 1. The second-order valence-electron chi connectivity index (χ2n) is 5.25. The number of hydrogen-bond acceptors (Lipinski definition) is 4. The van der Waals surface area contributed by atoms with Gasteiger partial charge in [-0.2, -0.15) is 13.2 Å². The number of aryl methyl sites for hydroxylation is 1. The van der Waals surface area contributed by atoms with E-state index in [4.69, 9.17) is 4.74 Å². The molecule has 0 bridgehead atoms. The number of urea groups is 1. The zero-order valence-corrected chi connectivity index (χ0v) is 13.4. The Hall–Kier alpha value is -2.29. The van der Waals surface area contributed by atoms with Crippen LogP contribution in [-0.4, -0.2) is 56.3 Å². The fraction of sp³-hybridized carbons (Fsp3) is 0.467. The maximum absolute atomic E-state index is 11.9. The van der Waals surface area contributed by atoms with E-state index in [1.165, 1.54) is 0 Å². The highest BCUT2D eigenvalue weighted by atomic mass is 19.4. The lowest BCUT2D eigenvalue weighted by Crippen LogP contribution is -2.46. The van der Waals surface area contributed by atoms with Crippen LogP contribution in [0, 0.1) is 6.92 Å². The molecule has 24 heavy (non-hydrogen) atoms. The first-order valence-electron chi connectivity index (χ1n) is 7.18. The second-order valence-corrected chi connectivity index (χ2v) is 5.25. The van der Waals surface area contributed by atoms with E-state index in [2.05, 4.69) is 0 Å². The smallest absolute Gasteiger partial charge is 0.405 e. The van der Waals surface area contributed by atoms with Crippen LogP contribution in [0.25, 0.3) is 0 Å². The minimum atomic E-state index is -4.52.